The Balaban J connectivity index is 1.52. The second-order valence-electron chi connectivity index (χ2n) is 6.88. The zero-order valence-electron chi connectivity index (χ0n) is 16.5. The van der Waals surface area contributed by atoms with Gasteiger partial charge in [-0.3, -0.25) is 0 Å². The molecule has 4 nitrogen and oxygen atoms in total. The number of aromatic nitrogens is 1. The van der Waals surface area contributed by atoms with E-state index in [2.05, 4.69) is 15.9 Å². The van der Waals surface area contributed by atoms with Crippen molar-refractivity contribution >= 4 is 32.8 Å². The van der Waals surface area contributed by atoms with Gasteiger partial charge in [-0.1, -0.05) is 64.0 Å². The lowest BCUT2D eigenvalue weighted by Crippen LogP contribution is -2.13. The van der Waals surface area contributed by atoms with E-state index in [0.717, 1.165) is 32.4 Å². The molecule has 0 amide bonds. The Kier molecular flexibility index (Phi) is 6.10. The number of carbonyl (C=O) groups is 1. The molecule has 0 spiro atoms. The molecule has 150 valence electrons. The van der Waals surface area contributed by atoms with Crippen LogP contribution in [0.3, 0.4) is 0 Å². The van der Waals surface area contributed by atoms with Gasteiger partial charge >= 0.3 is 5.97 Å². The molecule has 0 saturated heterocycles. The fourth-order valence-electron chi connectivity index (χ4n) is 3.12. The van der Waals surface area contributed by atoms with Gasteiger partial charge in [0.2, 0.25) is 0 Å². The molecule has 0 atom stereocenters. The Morgan fingerprint density at radius 1 is 0.933 bits per heavy atom. The van der Waals surface area contributed by atoms with Crippen molar-refractivity contribution in [3.8, 4) is 17.0 Å². The summed E-state index contributed by atoms with van der Waals surface area (Å²) in [6.45, 7) is 2.47. The predicted octanol–water partition coefficient (Wildman–Crippen LogP) is 6.21. The molecule has 4 rings (SSSR count). The Morgan fingerprint density at radius 3 is 2.43 bits per heavy atom. The smallest absolute Gasteiger partial charge is 0.339 e. The first-order valence-electron chi connectivity index (χ1n) is 9.62. The van der Waals surface area contributed by atoms with Crippen molar-refractivity contribution in [1.29, 1.82) is 0 Å². The lowest BCUT2D eigenvalue weighted by molar-refractivity contribution is 0.0452. The SMILES string of the molecule is Cc1ccc(OCCOC(=O)c2cc(-c3ccc(Br)cc3)nc3ccccc23)cc1. The molecular weight excluding hydrogens is 442 g/mol. The normalized spacial score (nSPS) is 10.7. The summed E-state index contributed by atoms with van der Waals surface area (Å²) in [5.41, 5.74) is 4.07. The minimum absolute atomic E-state index is 0.164. The summed E-state index contributed by atoms with van der Waals surface area (Å²) in [6, 6.07) is 25.0. The van der Waals surface area contributed by atoms with Gasteiger partial charge in [-0.15, -0.1) is 0 Å². The number of fused-ring (bicyclic) bond motifs is 1. The first kappa shape index (κ1) is 20.1. The molecule has 0 bridgehead atoms. The van der Waals surface area contributed by atoms with Crippen LogP contribution in [-0.2, 0) is 4.74 Å². The molecule has 3 aromatic carbocycles. The van der Waals surface area contributed by atoms with E-state index in [4.69, 9.17) is 14.5 Å². The number of ether oxygens (including phenoxy) is 2. The van der Waals surface area contributed by atoms with Gasteiger partial charge in [0.25, 0.3) is 0 Å². The van der Waals surface area contributed by atoms with Crippen LogP contribution in [0.25, 0.3) is 22.2 Å². The zero-order chi connectivity index (χ0) is 20.9. The summed E-state index contributed by atoms with van der Waals surface area (Å²) in [5.74, 6) is 0.364. The molecule has 1 aromatic heterocycles. The lowest BCUT2D eigenvalue weighted by Gasteiger charge is -2.11. The highest BCUT2D eigenvalue weighted by molar-refractivity contribution is 9.10. The van der Waals surface area contributed by atoms with Crippen LogP contribution < -0.4 is 4.74 Å². The molecule has 0 aliphatic heterocycles. The van der Waals surface area contributed by atoms with Gasteiger partial charge in [0.15, 0.2) is 0 Å². The highest BCUT2D eigenvalue weighted by atomic mass is 79.9. The first-order chi connectivity index (χ1) is 14.6. The molecule has 1 heterocycles. The summed E-state index contributed by atoms with van der Waals surface area (Å²) < 4.78 is 12.1. The van der Waals surface area contributed by atoms with E-state index < -0.39 is 0 Å². The summed E-state index contributed by atoms with van der Waals surface area (Å²) in [6.07, 6.45) is 0. The number of benzene rings is 3. The van der Waals surface area contributed by atoms with Crippen LogP contribution in [0, 0.1) is 6.92 Å². The number of halogens is 1. The molecule has 30 heavy (non-hydrogen) atoms. The minimum atomic E-state index is -0.389. The Bertz CT molecular complexity index is 1170. The van der Waals surface area contributed by atoms with Crippen LogP contribution in [-0.4, -0.2) is 24.2 Å². The van der Waals surface area contributed by atoms with E-state index in [9.17, 15) is 4.79 Å². The van der Waals surface area contributed by atoms with Gasteiger partial charge in [-0.25, -0.2) is 9.78 Å². The minimum Gasteiger partial charge on any atom is -0.490 e. The molecule has 0 radical (unpaired) electrons. The number of hydrogen-bond acceptors (Lipinski definition) is 4. The van der Waals surface area contributed by atoms with Crippen molar-refractivity contribution in [2.75, 3.05) is 13.2 Å². The largest absolute Gasteiger partial charge is 0.490 e. The van der Waals surface area contributed by atoms with Gasteiger partial charge in [-0.2, -0.15) is 0 Å². The van der Waals surface area contributed by atoms with Gasteiger partial charge in [0.05, 0.1) is 16.8 Å². The fourth-order valence-corrected chi connectivity index (χ4v) is 3.38. The van der Waals surface area contributed by atoms with E-state index in [0.29, 0.717) is 5.56 Å². The number of carbonyl (C=O) groups excluding carboxylic acids is 1. The molecular formula is C25H20BrNO3. The number of nitrogens with zero attached hydrogens (tertiary/aromatic N) is 1. The van der Waals surface area contributed by atoms with E-state index in [1.54, 1.807) is 6.07 Å². The number of esters is 1. The monoisotopic (exact) mass is 461 g/mol. The maximum atomic E-state index is 12.8. The van der Waals surface area contributed by atoms with Crippen molar-refractivity contribution in [2.45, 2.75) is 6.92 Å². The fraction of sp³-hybridized carbons (Fsp3) is 0.120. The topological polar surface area (TPSA) is 48.4 Å². The summed E-state index contributed by atoms with van der Waals surface area (Å²) in [5, 5.41) is 0.766. The Hall–Kier alpha value is -3.18. The molecule has 0 fully saturated rings. The standard InChI is InChI=1S/C25H20BrNO3/c1-17-6-12-20(13-7-17)29-14-15-30-25(28)22-16-24(18-8-10-19(26)11-9-18)27-23-5-3-2-4-21(22)23/h2-13,16H,14-15H2,1H3. The van der Waals surface area contributed by atoms with Crippen molar-refractivity contribution in [3.05, 3.63) is 94.5 Å². The molecule has 4 aromatic rings. The molecule has 0 N–H and O–H groups in total. The van der Waals surface area contributed by atoms with Crippen LogP contribution in [0.4, 0.5) is 0 Å². The Morgan fingerprint density at radius 2 is 1.67 bits per heavy atom. The van der Waals surface area contributed by atoms with Gasteiger partial charge in [0, 0.05) is 15.4 Å². The van der Waals surface area contributed by atoms with Crippen LogP contribution in [0.2, 0.25) is 0 Å². The van der Waals surface area contributed by atoms with Gasteiger partial charge < -0.3 is 9.47 Å². The highest BCUT2D eigenvalue weighted by Crippen LogP contribution is 2.26. The Labute approximate surface area is 183 Å². The predicted molar refractivity (Wildman–Crippen MR) is 122 cm³/mol. The number of hydrogen-bond donors (Lipinski definition) is 0. The quantitative estimate of drug-likeness (QED) is 0.253. The van der Waals surface area contributed by atoms with Crippen molar-refractivity contribution in [1.82, 2.24) is 4.98 Å². The molecule has 0 saturated carbocycles. The lowest BCUT2D eigenvalue weighted by atomic mass is 10.0. The summed E-state index contributed by atoms with van der Waals surface area (Å²) in [4.78, 5) is 17.6. The van der Waals surface area contributed by atoms with E-state index >= 15 is 0 Å². The second kappa shape index (κ2) is 9.09. The van der Waals surface area contributed by atoms with Gasteiger partial charge in [0.1, 0.15) is 19.0 Å². The second-order valence-corrected chi connectivity index (χ2v) is 7.79. The third-order valence-corrected chi connectivity index (χ3v) is 5.21. The maximum Gasteiger partial charge on any atom is 0.339 e. The summed E-state index contributed by atoms with van der Waals surface area (Å²) in [7, 11) is 0. The van der Waals surface area contributed by atoms with Crippen molar-refractivity contribution < 1.29 is 14.3 Å². The third kappa shape index (κ3) is 4.69. The summed E-state index contributed by atoms with van der Waals surface area (Å²) >= 11 is 3.44. The van der Waals surface area contributed by atoms with E-state index in [-0.39, 0.29) is 19.2 Å². The van der Waals surface area contributed by atoms with Crippen LogP contribution in [0.5, 0.6) is 5.75 Å². The highest BCUT2D eigenvalue weighted by Gasteiger charge is 2.15. The van der Waals surface area contributed by atoms with E-state index in [1.807, 2.05) is 79.7 Å². The van der Waals surface area contributed by atoms with Crippen molar-refractivity contribution in [3.63, 3.8) is 0 Å². The zero-order valence-corrected chi connectivity index (χ0v) is 18.1. The van der Waals surface area contributed by atoms with Crippen molar-refractivity contribution in [2.24, 2.45) is 0 Å². The first-order valence-corrected chi connectivity index (χ1v) is 10.4. The number of rotatable bonds is 6. The molecule has 0 aliphatic carbocycles. The third-order valence-electron chi connectivity index (χ3n) is 4.68. The average Bonchev–Trinajstić information content (AvgIpc) is 2.77. The van der Waals surface area contributed by atoms with E-state index in [1.165, 1.54) is 5.56 Å². The molecule has 5 heteroatoms. The van der Waals surface area contributed by atoms with Crippen LogP contribution >= 0.6 is 15.9 Å². The van der Waals surface area contributed by atoms with Crippen LogP contribution in [0.1, 0.15) is 15.9 Å². The number of aryl methyl sites for hydroxylation is 1. The molecule has 0 aliphatic rings. The van der Waals surface area contributed by atoms with Gasteiger partial charge in [-0.05, 0) is 43.3 Å². The number of para-hydroxylation sites is 1. The van der Waals surface area contributed by atoms with Crippen LogP contribution in [0.15, 0.2) is 83.3 Å². The molecule has 0 unspecified atom stereocenters. The average molecular weight is 462 g/mol. The maximum absolute atomic E-state index is 12.8. The number of pyridine rings is 1.